The number of rotatable bonds is 4. The molecule has 27 heavy (non-hydrogen) atoms. The van der Waals surface area contributed by atoms with E-state index in [9.17, 15) is 4.79 Å². The zero-order valence-electron chi connectivity index (χ0n) is 15.0. The molecular formula is C20H20ClN3O3. The molecule has 2 aliphatic rings. The molecule has 1 aliphatic heterocycles. The van der Waals surface area contributed by atoms with Crippen LogP contribution in [0.4, 0.5) is 0 Å². The average Bonchev–Trinajstić information content (AvgIpc) is 3.29. The molecule has 4 rings (SSSR count). The van der Waals surface area contributed by atoms with Crippen LogP contribution in [0.5, 0.6) is 5.75 Å². The fourth-order valence-corrected chi connectivity index (χ4v) is 3.78. The summed E-state index contributed by atoms with van der Waals surface area (Å²) in [5.74, 6) is 1.67. The van der Waals surface area contributed by atoms with Crippen molar-refractivity contribution in [2.24, 2.45) is 0 Å². The van der Waals surface area contributed by atoms with Crippen LogP contribution in [-0.2, 0) is 10.3 Å². The molecule has 7 heteroatoms. The maximum atomic E-state index is 12.6. The van der Waals surface area contributed by atoms with Gasteiger partial charge in [0, 0.05) is 23.6 Å². The van der Waals surface area contributed by atoms with E-state index in [1.165, 1.54) is 6.08 Å². The van der Waals surface area contributed by atoms with Crippen molar-refractivity contribution in [3.05, 3.63) is 58.2 Å². The van der Waals surface area contributed by atoms with Gasteiger partial charge < -0.3 is 14.6 Å². The highest BCUT2D eigenvalue weighted by molar-refractivity contribution is 6.30. The second-order valence-corrected chi connectivity index (χ2v) is 7.38. The number of benzene rings is 1. The number of aryl methyl sites for hydroxylation is 1. The number of nitrogens with zero attached hydrogens (tertiary/aromatic N) is 2. The molecule has 0 atom stereocenters. The van der Waals surface area contributed by atoms with Gasteiger partial charge in [0.1, 0.15) is 17.9 Å². The monoisotopic (exact) mass is 385 g/mol. The average molecular weight is 386 g/mol. The van der Waals surface area contributed by atoms with Gasteiger partial charge in [-0.15, -0.1) is 0 Å². The van der Waals surface area contributed by atoms with Gasteiger partial charge in [0.25, 0.3) is 0 Å². The summed E-state index contributed by atoms with van der Waals surface area (Å²) in [6, 6.07) is 5.48. The summed E-state index contributed by atoms with van der Waals surface area (Å²) in [5, 5.41) is 7.78. The molecule has 140 valence electrons. The lowest BCUT2D eigenvalue weighted by Crippen LogP contribution is -2.44. The third-order valence-corrected chi connectivity index (χ3v) is 5.17. The Hall–Kier alpha value is -2.60. The van der Waals surface area contributed by atoms with Gasteiger partial charge in [-0.1, -0.05) is 35.7 Å². The molecule has 2 aromatic rings. The molecule has 0 radical (unpaired) electrons. The molecule has 1 saturated carbocycles. The first kappa shape index (κ1) is 17.8. The molecule has 1 fully saturated rings. The van der Waals surface area contributed by atoms with E-state index in [0.29, 0.717) is 23.3 Å². The van der Waals surface area contributed by atoms with Crippen molar-refractivity contribution in [3.63, 3.8) is 0 Å². The van der Waals surface area contributed by atoms with Gasteiger partial charge in [0.05, 0.1) is 0 Å². The summed E-state index contributed by atoms with van der Waals surface area (Å²) in [6.45, 7) is 2.16. The van der Waals surface area contributed by atoms with Crippen molar-refractivity contribution >= 4 is 23.6 Å². The zero-order chi connectivity index (χ0) is 18.9. The topological polar surface area (TPSA) is 77.2 Å². The van der Waals surface area contributed by atoms with E-state index in [0.717, 1.165) is 42.6 Å². The Bertz CT molecular complexity index is 926. The number of halogens is 1. The van der Waals surface area contributed by atoms with Gasteiger partial charge in [-0.2, -0.15) is 4.98 Å². The standard InChI is InChI=1S/C20H20ClN3O3/c1-13-22-19(24-27-13)20(8-2-3-9-20)23-18(25)7-4-14-10-15-11-16(21)5-6-17(15)26-12-14/h4-7,10-11H,2-3,8-9,12H2,1H3,(H,23,25)/b7-4+. The van der Waals surface area contributed by atoms with Gasteiger partial charge >= 0.3 is 0 Å². The van der Waals surface area contributed by atoms with Gasteiger partial charge in [-0.25, -0.2) is 0 Å². The normalized spacial score (nSPS) is 18.1. The van der Waals surface area contributed by atoms with Crippen molar-refractivity contribution in [1.82, 2.24) is 15.5 Å². The second kappa shape index (κ2) is 7.19. The number of ether oxygens (including phenoxy) is 1. The Kier molecular flexibility index (Phi) is 4.74. The maximum absolute atomic E-state index is 12.6. The van der Waals surface area contributed by atoms with E-state index in [1.807, 2.05) is 18.2 Å². The Morgan fingerprint density at radius 1 is 1.33 bits per heavy atom. The molecule has 1 aromatic heterocycles. The molecule has 1 aliphatic carbocycles. The first-order valence-corrected chi connectivity index (χ1v) is 9.36. The van der Waals surface area contributed by atoms with E-state index in [2.05, 4.69) is 15.5 Å². The molecule has 2 heterocycles. The predicted molar refractivity (Wildman–Crippen MR) is 101 cm³/mol. The summed E-state index contributed by atoms with van der Waals surface area (Å²) in [6.07, 6.45) is 8.93. The van der Waals surface area contributed by atoms with E-state index >= 15 is 0 Å². The highest BCUT2D eigenvalue weighted by Crippen LogP contribution is 2.37. The van der Waals surface area contributed by atoms with Gasteiger partial charge in [0.15, 0.2) is 5.82 Å². The third kappa shape index (κ3) is 3.76. The van der Waals surface area contributed by atoms with Crippen molar-refractivity contribution in [2.75, 3.05) is 6.61 Å². The van der Waals surface area contributed by atoms with Crippen molar-refractivity contribution in [2.45, 2.75) is 38.1 Å². The zero-order valence-corrected chi connectivity index (χ0v) is 15.8. The van der Waals surface area contributed by atoms with Crippen molar-refractivity contribution < 1.29 is 14.1 Å². The lowest BCUT2D eigenvalue weighted by Gasteiger charge is -2.26. The lowest BCUT2D eigenvalue weighted by atomic mass is 9.96. The Morgan fingerprint density at radius 3 is 2.89 bits per heavy atom. The molecule has 0 saturated heterocycles. The van der Waals surface area contributed by atoms with Crippen LogP contribution in [0.2, 0.25) is 5.02 Å². The Labute approximate surface area is 162 Å². The molecule has 1 aromatic carbocycles. The summed E-state index contributed by atoms with van der Waals surface area (Å²) in [5.41, 5.74) is 1.26. The minimum Gasteiger partial charge on any atom is -0.488 e. The highest BCUT2D eigenvalue weighted by atomic mass is 35.5. The van der Waals surface area contributed by atoms with Crippen molar-refractivity contribution in [1.29, 1.82) is 0 Å². The highest BCUT2D eigenvalue weighted by Gasteiger charge is 2.40. The maximum Gasteiger partial charge on any atom is 0.244 e. The van der Waals surface area contributed by atoms with Crippen LogP contribution in [-0.4, -0.2) is 22.7 Å². The largest absolute Gasteiger partial charge is 0.488 e. The summed E-state index contributed by atoms with van der Waals surface area (Å²) in [7, 11) is 0. The van der Waals surface area contributed by atoms with Gasteiger partial charge in [-0.05, 0) is 42.7 Å². The molecule has 1 amide bonds. The third-order valence-electron chi connectivity index (χ3n) is 4.93. The quantitative estimate of drug-likeness (QED) is 0.806. The Balaban J connectivity index is 1.49. The predicted octanol–water partition coefficient (Wildman–Crippen LogP) is 3.95. The van der Waals surface area contributed by atoms with Gasteiger partial charge in [0.2, 0.25) is 11.8 Å². The summed E-state index contributed by atoms with van der Waals surface area (Å²) < 4.78 is 10.8. The number of hydrogen-bond acceptors (Lipinski definition) is 5. The molecule has 0 spiro atoms. The molecule has 0 bridgehead atoms. The number of carbonyl (C=O) groups excluding carboxylic acids is 1. The van der Waals surface area contributed by atoms with Crippen molar-refractivity contribution in [3.8, 4) is 5.75 Å². The van der Waals surface area contributed by atoms with Gasteiger partial charge in [-0.3, -0.25) is 4.79 Å². The van der Waals surface area contributed by atoms with Crippen LogP contribution in [0.15, 0.2) is 40.4 Å². The summed E-state index contributed by atoms with van der Waals surface area (Å²) in [4.78, 5) is 16.9. The molecule has 1 N–H and O–H groups in total. The van der Waals surface area contributed by atoms with E-state index in [4.69, 9.17) is 20.9 Å². The summed E-state index contributed by atoms with van der Waals surface area (Å²) >= 11 is 6.04. The van der Waals surface area contributed by atoms with Crippen LogP contribution < -0.4 is 10.1 Å². The Morgan fingerprint density at radius 2 is 2.15 bits per heavy atom. The fraction of sp³-hybridized carbons (Fsp3) is 0.350. The van der Waals surface area contributed by atoms with E-state index < -0.39 is 5.54 Å². The van der Waals surface area contributed by atoms with Crippen LogP contribution in [0.3, 0.4) is 0 Å². The number of fused-ring (bicyclic) bond motifs is 1. The van der Waals surface area contributed by atoms with E-state index in [1.54, 1.807) is 19.1 Å². The smallest absolute Gasteiger partial charge is 0.244 e. The number of amides is 1. The van der Waals surface area contributed by atoms with Crippen LogP contribution in [0, 0.1) is 6.92 Å². The molecule has 6 nitrogen and oxygen atoms in total. The first-order chi connectivity index (χ1) is 13.0. The number of carbonyl (C=O) groups is 1. The SMILES string of the molecule is Cc1nc(C2(NC(=O)/C=C/C3=Cc4cc(Cl)ccc4OC3)CCCC2)no1. The minimum atomic E-state index is -0.545. The van der Waals surface area contributed by atoms with Crippen LogP contribution >= 0.6 is 11.6 Å². The van der Waals surface area contributed by atoms with Crippen LogP contribution in [0.25, 0.3) is 6.08 Å². The minimum absolute atomic E-state index is 0.183. The lowest BCUT2D eigenvalue weighted by molar-refractivity contribution is -0.118. The molecular weight excluding hydrogens is 366 g/mol. The number of nitrogens with one attached hydrogen (secondary N) is 1. The number of hydrogen-bond donors (Lipinski definition) is 1. The number of aromatic nitrogens is 2. The van der Waals surface area contributed by atoms with Crippen LogP contribution in [0.1, 0.15) is 43.0 Å². The second-order valence-electron chi connectivity index (χ2n) is 6.94. The molecule has 0 unspecified atom stereocenters. The fourth-order valence-electron chi connectivity index (χ4n) is 3.60. The first-order valence-electron chi connectivity index (χ1n) is 8.98. The van der Waals surface area contributed by atoms with E-state index in [-0.39, 0.29) is 5.91 Å².